The Labute approximate surface area is 329 Å². The molecule has 4 aromatic carbocycles. The van der Waals surface area contributed by atoms with Crippen molar-refractivity contribution in [2.45, 2.75) is 26.7 Å². The third kappa shape index (κ3) is 8.54. The standard InChI is InChI=1S/C44H54N4O8/c1-29-11-7-9-13-35(29)45-15-19-47(20-16-45)43(51)33(23-31-25-37(53-3)41(49)38(26-31)54-4)34(24-32-27-39(55-5)42(50)40(28-32)56-6)44(52)48-21-17-46(18-22-48)36-14-10-8-12-30(36)2/h7-14,25-28,33-34,49-50H,15-24H2,1-6H3/t33-,34+. The number of para-hydroxylation sites is 2. The van der Waals surface area contributed by atoms with Gasteiger partial charge in [-0.25, -0.2) is 0 Å². The molecule has 2 heterocycles. The first kappa shape index (κ1) is 39.9. The van der Waals surface area contributed by atoms with E-state index < -0.39 is 11.8 Å². The van der Waals surface area contributed by atoms with E-state index in [9.17, 15) is 10.2 Å². The number of methoxy groups -OCH3 is 4. The highest BCUT2D eigenvalue weighted by Gasteiger charge is 2.40. The van der Waals surface area contributed by atoms with Crippen LogP contribution >= 0.6 is 0 Å². The number of benzene rings is 4. The molecule has 0 unspecified atom stereocenters. The van der Waals surface area contributed by atoms with Gasteiger partial charge in [-0.3, -0.25) is 9.59 Å². The summed E-state index contributed by atoms with van der Waals surface area (Å²) in [5.74, 6) is -1.33. The molecule has 12 heteroatoms. The predicted octanol–water partition coefficient (Wildman–Crippen LogP) is 5.46. The zero-order valence-corrected chi connectivity index (χ0v) is 33.3. The van der Waals surface area contributed by atoms with E-state index in [0.717, 1.165) is 11.4 Å². The first-order valence-electron chi connectivity index (χ1n) is 19.1. The van der Waals surface area contributed by atoms with Crippen molar-refractivity contribution < 1.29 is 38.7 Å². The highest BCUT2D eigenvalue weighted by Crippen LogP contribution is 2.41. The molecule has 0 aliphatic carbocycles. The van der Waals surface area contributed by atoms with E-state index in [0.29, 0.717) is 63.5 Å². The lowest BCUT2D eigenvalue weighted by atomic mass is 9.80. The van der Waals surface area contributed by atoms with Gasteiger partial charge < -0.3 is 48.8 Å². The van der Waals surface area contributed by atoms with Gasteiger partial charge in [-0.1, -0.05) is 36.4 Å². The number of phenols is 2. The van der Waals surface area contributed by atoms with Gasteiger partial charge in [0.15, 0.2) is 23.0 Å². The monoisotopic (exact) mass is 766 g/mol. The molecule has 12 nitrogen and oxygen atoms in total. The molecule has 0 radical (unpaired) electrons. The fourth-order valence-electron chi connectivity index (χ4n) is 8.08. The number of piperazine rings is 2. The average molecular weight is 767 g/mol. The van der Waals surface area contributed by atoms with Crippen molar-refractivity contribution in [1.82, 2.24) is 9.80 Å². The molecule has 4 aromatic rings. The lowest BCUT2D eigenvalue weighted by molar-refractivity contribution is -0.146. The molecule has 2 aliphatic rings. The number of hydrogen-bond donors (Lipinski definition) is 2. The van der Waals surface area contributed by atoms with Gasteiger partial charge in [-0.15, -0.1) is 0 Å². The zero-order valence-electron chi connectivity index (χ0n) is 33.3. The van der Waals surface area contributed by atoms with Crippen LogP contribution in [0, 0.1) is 25.7 Å². The summed E-state index contributed by atoms with van der Waals surface area (Å²) in [6.07, 6.45) is 0.353. The van der Waals surface area contributed by atoms with E-state index in [1.807, 2.05) is 34.1 Å². The Morgan fingerprint density at radius 1 is 0.536 bits per heavy atom. The van der Waals surface area contributed by atoms with Crippen molar-refractivity contribution in [1.29, 1.82) is 0 Å². The second-order valence-electron chi connectivity index (χ2n) is 14.5. The molecule has 56 heavy (non-hydrogen) atoms. The fraction of sp³-hybridized carbons (Fsp3) is 0.409. The number of amides is 2. The number of hydrogen-bond acceptors (Lipinski definition) is 10. The molecule has 2 fully saturated rings. The van der Waals surface area contributed by atoms with Crippen LogP contribution in [-0.2, 0) is 22.4 Å². The Balaban J connectivity index is 1.38. The summed E-state index contributed by atoms with van der Waals surface area (Å²) in [6.45, 7) is 8.73. The summed E-state index contributed by atoms with van der Waals surface area (Å²) < 4.78 is 22.0. The number of rotatable bonds is 13. The molecule has 298 valence electrons. The van der Waals surface area contributed by atoms with Crippen LogP contribution in [0.25, 0.3) is 0 Å². The van der Waals surface area contributed by atoms with E-state index in [1.54, 1.807) is 24.3 Å². The highest BCUT2D eigenvalue weighted by atomic mass is 16.5. The smallest absolute Gasteiger partial charge is 0.226 e. The van der Waals surface area contributed by atoms with E-state index in [2.05, 4.69) is 47.9 Å². The SMILES string of the molecule is COc1cc(C[C@H](C(=O)N2CCN(c3ccccc3C)CC2)[C@@H](Cc2cc(OC)c(O)c(OC)c2)C(=O)N2CCN(c3ccccc3C)CC2)cc(OC)c1O. The molecular weight excluding hydrogens is 713 g/mol. The van der Waals surface area contributed by atoms with Crippen molar-refractivity contribution >= 4 is 23.2 Å². The van der Waals surface area contributed by atoms with Gasteiger partial charge in [0.25, 0.3) is 0 Å². The van der Waals surface area contributed by atoms with E-state index in [4.69, 9.17) is 18.9 Å². The van der Waals surface area contributed by atoms with Gasteiger partial charge in [0.1, 0.15) is 0 Å². The Hall–Kier alpha value is -5.78. The molecule has 2 N–H and O–H groups in total. The topological polar surface area (TPSA) is 124 Å². The van der Waals surface area contributed by atoms with Crippen molar-refractivity contribution in [2.24, 2.45) is 11.8 Å². The summed E-state index contributed by atoms with van der Waals surface area (Å²) in [6, 6.07) is 23.3. The molecule has 2 saturated heterocycles. The van der Waals surface area contributed by atoms with Gasteiger partial charge in [0.05, 0.1) is 40.3 Å². The maximum Gasteiger partial charge on any atom is 0.226 e. The number of aromatic hydroxyl groups is 2. The van der Waals surface area contributed by atoms with Gasteiger partial charge in [0, 0.05) is 63.7 Å². The fourth-order valence-corrected chi connectivity index (χ4v) is 8.08. The molecule has 0 aromatic heterocycles. The Bertz CT molecular complexity index is 1810. The third-order valence-corrected chi connectivity index (χ3v) is 11.2. The molecule has 2 aliphatic heterocycles. The van der Waals surface area contributed by atoms with Crippen LogP contribution in [0.5, 0.6) is 34.5 Å². The maximum absolute atomic E-state index is 15.1. The largest absolute Gasteiger partial charge is 0.502 e. The minimum Gasteiger partial charge on any atom is -0.502 e. The number of carbonyl (C=O) groups excluding carboxylic acids is 2. The van der Waals surface area contributed by atoms with E-state index >= 15 is 9.59 Å². The summed E-state index contributed by atoms with van der Waals surface area (Å²) in [7, 11) is 5.85. The molecule has 0 bridgehead atoms. The van der Waals surface area contributed by atoms with E-state index in [-0.39, 0.29) is 59.2 Å². The van der Waals surface area contributed by atoms with Crippen LogP contribution in [0.3, 0.4) is 0 Å². The summed E-state index contributed by atoms with van der Waals surface area (Å²) in [5.41, 5.74) is 6.00. The molecule has 0 saturated carbocycles. The first-order chi connectivity index (χ1) is 27.1. The third-order valence-electron chi connectivity index (χ3n) is 11.2. The summed E-state index contributed by atoms with van der Waals surface area (Å²) >= 11 is 0. The van der Waals surface area contributed by atoms with E-state index in [1.165, 1.54) is 39.6 Å². The first-order valence-corrected chi connectivity index (χ1v) is 19.1. The predicted molar refractivity (Wildman–Crippen MR) is 217 cm³/mol. The number of phenolic OH excluding ortho intramolecular Hbond substituents is 2. The molecule has 6 rings (SSSR count). The average Bonchev–Trinajstić information content (AvgIpc) is 3.23. The van der Waals surface area contributed by atoms with Crippen LogP contribution < -0.4 is 28.7 Å². The molecular formula is C44H54N4O8. The number of carbonyl (C=O) groups is 2. The van der Waals surface area contributed by atoms with Crippen molar-refractivity contribution in [3.63, 3.8) is 0 Å². The second kappa shape index (κ2) is 17.8. The minimum atomic E-state index is -0.813. The molecule has 2 amide bonds. The number of aryl methyl sites for hydroxylation is 2. The lowest BCUT2D eigenvalue weighted by Crippen LogP contribution is -2.55. The normalized spacial score (nSPS) is 15.6. The Morgan fingerprint density at radius 2 is 0.839 bits per heavy atom. The van der Waals surface area contributed by atoms with Crippen LogP contribution in [0.1, 0.15) is 22.3 Å². The Morgan fingerprint density at radius 3 is 1.12 bits per heavy atom. The molecule has 0 spiro atoms. The number of nitrogens with zero attached hydrogens (tertiary/aromatic N) is 4. The zero-order chi connectivity index (χ0) is 39.9. The van der Waals surface area contributed by atoms with Crippen molar-refractivity contribution in [3.05, 3.63) is 95.1 Å². The van der Waals surface area contributed by atoms with Crippen molar-refractivity contribution in [2.75, 3.05) is 90.6 Å². The lowest BCUT2D eigenvalue weighted by Gasteiger charge is -2.41. The second-order valence-corrected chi connectivity index (χ2v) is 14.5. The van der Waals surface area contributed by atoms with Gasteiger partial charge >= 0.3 is 0 Å². The van der Waals surface area contributed by atoms with Crippen LogP contribution in [0.15, 0.2) is 72.8 Å². The Kier molecular flexibility index (Phi) is 12.7. The molecule has 2 atom stereocenters. The van der Waals surface area contributed by atoms with Crippen LogP contribution in [0.4, 0.5) is 11.4 Å². The number of ether oxygens (including phenoxy) is 4. The summed E-state index contributed by atoms with van der Waals surface area (Å²) in [5, 5.41) is 21.5. The van der Waals surface area contributed by atoms with Gasteiger partial charge in [-0.2, -0.15) is 0 Å². The minimum absolute atomic E-state index is 0.130. The van der Waals surface area contributed by atoms with Crippen LogP contribution in [-0.4, -0.2) is 113 Å². The summed E-state index contributed by atoms with van der Waals surface area (Å²) in [4.78, 5) is 38.6. The quantitative estimate of drug-likeness (QED) is 0.181. The maximum atomic E-state index is 15.1. The van der Waals surface area contributed by atoms with Gasteiger partial charge in [-0.05, 0) is 85.3 Å². The van der Waals surface area contributed by atoms with Crippen molar-refractivity contribution in [3.8, 4) is 34.5 Å². The van der Waals surface area contributed by atoms with Crippen LogP contribution in [0.2, 0.25) is 0 Å². The highest BCUT2D eigenvalue weighted by molar-refractivity contribution is 5.89. The van der Waals surface area contributed by atoms with Gasteiger partial charge in [0.2, 0.25) is 23.3 Å². The number of anilines is 2.